The van der Waals surface area contributed by atoms with Crippen LogP contribution < -0.4 is 0 Å². The highest BCUT2D eigenvalue weighted by molar-refractivity contribution is 5.71. The van der Waals surface area contributed by atoms with Crippen LogP contribution in [0, 0.1) is 0 Å². The lowest BCUT2D eigenvalue weighted by atomic mass is 10.2. The van der Waals surface area contributed by atoms with Crippen LogP contribution in [0.3, 0.4) is 0 Å². The summed E-state index contributed by atoms with van der Waals surface area (Å²) in [6, 6.07) is 1.15. The maximum absolute atomic E-state index is 11.7. The van der Waals surface area contributed by atoms with E-state index in [0.29, 0.717) is 18.6 Å². The molecule has 0 radical (unpaired) electrons. The van der Waals surface area contributed by atoms with Crippen molar-refractivity contribution < 1.29 is 9.53 Å². The van der Waals surface area contributed by atoms with Gasteiger partial charge in [0.05, 0.1) is 25.7 Å². The summed E-state index contributed by atoms with van der Waals surface area (Å²) in [5, 5.41) is 0. The van der Waals surface area contributed by atoms with E-state index in [2.05, 4.69) is 14.5 Å². The fourth-order valence-electron chi connectivity index (χ4n) is 3.16. The van der Waals surface area contributed by atoms with Crippen LogP contribution in [0.2, 0.25) is 0 Å². The summed E-state index contributed by atoms with van der Waals surface area (Å²) >= 11 is 0. The Balaban J connectivity index is 1.70. The smallest absolute Gasteiger partial charge is 0.319 e. The van der Waals surface area contributed by atoms with Crippen molar-refractivity contribution in [3.63, 3.8) is 0 Å². The number of rotatable bonds is 6. The van der Waals surface area contributed by atoms with E-state index in [1.54, 1.807) is 0 Å². The maximum atomic E-state index is 11.7. The third-order valence-corrected chi connectivity index (χ3v) is 4.45. The first-order chi connectivity index (χ1) is 9.78. The summed E-state index contributed by atoms with van der Waals surface area (Å²) in [5.41, 5.74) is 1.23. The van der Waals surface area contributed by atoms with E-state index in [4.69, 9.17) is 4.74 Å². The maximum Gasteiger partial charge on any atom is 0.319 e. The predicted octanol–water partition coefficient (Wildman–Crippen LogP) is 2.14. The van der Waals surface area contributed by atoms with Gasteiger partial charge in [-0.1, -0.05) is 12.8 Å². The van der Waals surface area contributed by atoms with Crippen LogP contribution >= 0.6 is 0 Å². The Bertz CT molecular complexity index is 461. The quantitative estimate of drug-likeness (QED) is 0.747. The lowest BCUT2D eigenvalue weighted by molar-refractivity contribution is -0.142. The number of nitrogens with zero attached hydrogens (tertiary/aromatic N) is 3. The molecule has 110 valence electrons. The minimum atomic E-state index is -0.144. The number of ether oxygens (including phenoxy) is 1. The number of hydrogen-bond acceptors (Lipinski definition) is 4. The molecule has 2 saturated carbocycles. The molecule has 0 aliphatic heterocycles. The first-order valence-corrected chi connectivity index (χ1v) is 7.59. The molecule has 2 fully saturated rings. The highest BCUT2D eigenvalue weighted by Crippen LogP contribution is 2.36. The van der Waals surface area contributed by atoms with Gasteiger partial charge >= 0.3 is 5.97 Å². The highest BCUT2D eigenvalue weighted by atomic mass is 16.5. The molecular weight excluding hydrogens is 254 g/mol. The van der Waals surface area contributed by atoms with Crippen LogP contribution in [0.25, 0.3) is 0 Å². The van der Waals surface area contributed by atoms with Crippen molar-refractivity contribution in [3.8, 4) is 0 Å². The van der Waals surface area contributed by atoms with Gasteiger partial charge in [-0.15, -0.1) is 0 Å². The Morgan fingerprint density at radius 1 is 1.40 bits per heavy atom. The van der Waals surface area contributed by atoms with Gasteiger partial charge in [-0.2, -0.15) is 0 Å². The molecule has 5 nitrogen and oxygen atoms in total. The number of hydrogen-bond donors (Lipinski definition) is 0. The van der Waals surface area contributed by atoms with Crippen molar-refractivity contribution in [2.45, 2.75) is 57.2 Å². The monoisotopic (exact) mass is 277 g/mol. The zero-order valence-corrected chi connectivity index (χ0v) is 12.1. The molecule has 2 aliphatic rings. The van der Waals surface area contributed by atoms with Gasteiger partial charge in [0, 0.05) is 24.8 Å². The number of methoxy groups -OCH3 is 1. The second-order valence-electron chi connectivity index (χ2n) is 5.94. The summed E-state index contributed by atoms with van der Waals surface area (Å²) in [6.45, 7) is 1.19. The van der Waals surface area contributed by atoms with Crippen LogP contribution in [-0.2, 0) is 16.1 Å². The third-order valence-electron chi connectivity index (χ3n) is 4.45. The third kappa shape index (κ3) is 3.03. The van der Waals surface area contributed by atoms with E-state index in [9.17, 15) is 4.79 Å². The van der Waals surface area contributed by atoms with Gasteiger partial charge in [0.2, 0.25) is 0 Å². The van der Waals surface area contributed by atoms with Crippen LogP contribution in [-0.4, -0.2) is 40.1 Å². The summed E-state index contributed by atoms with van der Waals surface area (Å²) in [6.07, 6.45) is 11.3. The molecule has 1 heterocycles. The molecular formula is C15H23N3O2. The Kier molecular flexibility index (Phi) is 4.05. The molecule has 0 N–H and O–H groups in total. The molecule has 1 aromatic heterocycles. The number of imidazole rings is 1. The van der Waals surface area contributed by atoms with Gasteiger partial charge in [0.1, 0.15) is 0 Å². The van der Waals surface area contributed by atoms with Gasteiger partial charge in [0.15, 0.2) is 0 Å². The molecule has 0 bridgehead atoms. The molecule has 2 aliphatic carbocycles. The number of esters is 1. The minimum absolute atomic E-state index is 0.144. The largest absolute Gasteiger partial charge is 0.468 e. The first-order valence-electron chi connectivity index (χ1n) is 7.59. The molecule has 20 heavy (non-hydrogen) atoms. The molecule has 0 unspecified atom stereocenters. The lowest BCUT2D eigenvalue weighted by Gasteiger charge is -2.27. The van der Waals surface area contributed by atoms with Crippen LogP contribution in [0.5, 0.6) is 0 Å². The van der Waals surface area contributed by atoms with Crippen LogP contribution in [0.4, 0.5) is 0 Å². The molecule has 0 saturated heterocycles. The highest BCUT2D eigenvalue weighted by Gasteiger charge is 2.29. The molecule has 0 aromatic carbocycles. The number of carbonyl (C=O) groups excluding carboxylic acids is 1. The molecule has 5 heteroatoms. The Labute approximate surface area is 119 Å². The molecule has 0 amide bonds. The van der Waals surface area contributed by atoms with Crippen molar-refractivity contribution in [2.24, 2.45) is 0 Å². The number of carbonyl (C=O) groups is 1. The van der Waals surface area contributed by atoms with E-state index in [1.807, 2.05) is 12.5 Å². The summed E-state index contributed by atoms with van der Waals surface area (Å²) in [7, 11) is 1.46. The van der Waals surface area contributed by atoms with Crippen molar-refractivity contribution in [2.75, 3.05) is 13.7 Å². The molecule has 1 aromatic rings. The summed E-state index contributed by atoms with van der Waals surface area (Å²) in [4.78, 5) is 18.2. The second kappa shape index (κ2) is 5.95. The standard InChI is InChI=1S/C15H23N3O2/c1-20-15(19)10-17(12-4-2-3-5-12)9-14-8-16-11-18(14)13-6-7-13/h8,11-13H,2-7,9-10H2,1H3. The van der Waals surface area contributed by atoms with Gasteiger partial charge in [-0.05, 0) is 25.7 Å². The Morgan fingerprint density at radius 2 is 2.15 bits per heavy atom. The minimum Gasteiger partial charge on any atom is -0.468 e. The average Bonchev–Trinajstić information content (AvgIpc) is 2.97. The Morgan fingerprint density at radius 3 is 2.80 bits per heavy atom. The van der Waals surface area contributed by atoms with E-state index in [-0.39, 0.29) is 5.97 Å². The second-order valence-corrected chi connectivity index (χ2v) is 5.94. The average molecular weight is 277 g/mol. The molecule has 3 rings (SSSR count). The predicted molar refractivity (Wildman–Crippen MR) is 75.2 cm³/mol. The SMILES string of the molecule is COC(=O)CN(Cc1cncn1C1CC1)C1CCCC1. The van der Waals surface area contributed by atoms with Crippen molar-refractivity contribution >= 4 is 5.97 Å². The van der Waals surface area contributed by atoms with Gasteiger partial charge in [-0.3, -0.25) is 9.69 Å². The molecule has 0 atom stereocenters. The summed E-state index contributed by atoms with van der Waals surface area (Å²) < 4.78 is 7.12. The van der Waals surface area contributed by atoms with E-state index in [1.165, 1.54) is 51.3 Å². The van der Waals surface area contributed by atoms with Crippen molar-refractivity contribution in [3.05, 3.63) is 18.2 Å². The van der Waals surface area contributed by atoms with Crippen molar-refractivity contribution in [1.82, 2.24) is 14.5 Å². The van der Waals surface area contributed by atoms with Gasteiger partial charge in [0.25, 0.3) is 0 Å². The van der Waals surface area contributed by atoms with Gasteiger partial charge < -0.3 is 9.30 Å². The normalized spacial score (nSPS) is 19.7. The van der Waals surface area contributed by atoms with E-state index >= 15 is 0 Å². The lowest BCUT2D eigenvalue weighted by Crippen LogP contribution is -2.38. The summed E-state index contributed by atoms with van der Waals surface area (Å²) in [5.74, 6) is -0.144. The zero-order valence-electron chi connectivity index (χ0n) is 12.1. The van der Waals surface area contributed by atoms with Crippen LogP contribution in [0.15, 0.2) is 12.5 Å². The first kappa shape index (κ1) is 13.6. The van der Waals surface area contributed by atoms with Gasteiger partial charge in [-0.25, -0.2) is 4.98 Å². The molecule has 0 spiro atoms. The Hall–Kier alpha value is -1.36. The zero-order chi connectivity index (χ0) is 13.9. The van der Waals surface area contributed by atoms with E-state index < -0.39 is 0 Å². The fourth-order valence-corrected chi connectivity index (χ4v) is 3.16. The van der Waals surface area contributed by atoms with E-state index in [0.717, 1.165) is 6.54 Å². The number of aromatic nitrogens is 2. The fraction of sp³-hybridized carbons (Fsp3) is 0.733. The van der Waals surface area contributed by atoms with Crippen molar-refractivity contribution in [1.29, 1.82) is 0 Å². The topological polar surface area (TPSA) is 47.4 Å². The van der Waals surface area contributed by atoms with Crippen LogP contribution in [0.1, 0.15) is 50.3 Å².